The summed E-state index contributed by atoms with van der Waals surface area (Å²) in [6.07, 6.45) is 6.41. The lowest BCUT2D eigenvalue weighted by Gasteiger charge is -2.33. The highest BCUT2D eigenvalue weighted by Gasteiger charge is 2.31. The predicted molar refractivity (Wildman–Crippen MR) is 138 cm³/mol. The van der Waals surface area contributed by atoms with Crippen molar-refractivity contribution >= 4 is 11.4 Å². The third kappa shape index (κ3) is 4.60. The van der Waals surface area contributed by atoms with Gasteiger partial charge in [0.2, 0.25) is 5.82 Å². The van der Waals surface area contributed by atoms with Crippen LogP contribution in [0.1, 0.15) is 43.7 Å². The number of fused-ring (bicyclic) bond motifs is 1. The van der Waals surface area contributed by atoms with E-state index in [1.807, 2.05) is 34.6 Å². The Balaban J connectivity index is 1.52. The van der Waals surface area contributed by atoms with Crippen LogP contribution in [0.25, 0.3) is 16.8 Å². The zero-order valence-corrected chi connectivity index (χ0v) is 21.0. The molecule has 3 heterocycles. The van der Waals surface area contributed by atoms with E-state index in [-0.39, 0.29) is 23.4 Å². The zero-order chi connectivity index (χ0) is 25.9. The van der Waals surface area contributed by atoms with Crippen LogP contribution >= 0.6 is 0 Å². The van der Waals surface area contributed by atoms with Crippen molar-refractivity contribution in [3.63, 3.8) is 0 Å². The predicted octanol–water partition coefficient (Wildman–Crippen LogP) is 5.72. The first-order chi connectivity index (χ1) is 18.0. The van der Waals surface area contributed by atoms with Crippen molar-refractivity contribution in [2.45, 2.75) is 39.2 Å². The van der Waals surface area contributed by atoms with Gasteiger partial charge >= 0.3 is 0 Å². The molecule has 0 bridgehead atoms. The van der Waals surface area contributed by atoms with Crippen molar-refractivity contribution in [1.82, 2.24) is 19.3 Å². The van der Waals surface area contributed by atoms with E-state index in [0.717, 1.165) is 47.6 Å². The maximum Gasteiger partial charge on any atom is 0.299 e. The summed E-state index contributed by atoms with van der Waals surface area (Å²) in [5.41, 5.74) is 3.33. The molecule has 2 aromatic heterocycles. The molecule has 0 spiro atoms. The Kier molecular flexibility index (Phi) is 6.78. The normalized spacial score (nSPS) is 15.2. The lowest BCUT2D eigenvalue weighted by Crippen LogP contribution is -2.38. The van der Waals surface area contributed by atoms with Gasteiger partial charge in [0.15, 0.2) is 11.5 Å². The van der Waals surface area contributed by atoms with Crippen molar-refractivity contribution < 1.29 is 18.7 Å². The van der Waals surface area contributed by atoms with Gasteiger partial charge < -0.3 is 14.4 Å². The summed E-state index contributed by atoms with van der Waals surface area (Å²) in [4.78, 5) is 24.1. The Morgan fingerprint density at radius 1 is 1.14 bits per heavy atom. The molecule has 5 rings (SSSR count). The van der Waals surface area contributed by atoms with Gasteiger partial charge in [0, 0.05) is 24.5 Å². The number of methoxy groups -OCH3 is 1. The maximum absolute atomic E-state index is 14.5. The van der Waals surface area contributed by atoms with Crippen molar-refractivity contribution in [2.75, 3.05) is 13.7 Å². The number of likely N-dealkylation sites (tertiary alicyclic amines) is 1. The number of carbonyl (C=O) groups is 1. The van der Waals surface area contributed by atoms with E-state index in [0.29, 0.717) is 12.3 Å². The average molecular weight is 499 g/mol. The van der Waals surface area contributed by atoms with Crippen LogP contribution in [0, 0.1) is 24.6 Å². The number of hydrogen-bond acceptors (Lipinski definition) is 5. The molecule has 7 nitrogen and oxygen atoms in total. The maximum atomic E-state index is 14.5. The summed E-state index contributed by atoms with van der Waals surface area (Å²) in [5, 5.41) is 0. The summed E-state index contributed by atoms with van der Waals surface area (Å²) >= 11 is 0. The molecular weight excluding hydrogens is 471 g/mol. The summed E-state index contributed by atoms with van der Waals surface area (Å²) in [6.45, 7) is 4.27. The Hall–Kier alpha value is -4.38. The Bertz CT molecular complexity index is 1520. The van der Waals surface area contributed by atoms with Crippen LogP contribution in [0.5, 0.6) is 17.2 Å². The highest BCUT2D eigenvalue weighted by molar-refractivity contribution is 5.93. The number of nitrogens with zero attached hydrogens (tertiary/aromatic N) is 4. The molecule has 0 N–H and O–H groups in total. The van der Waals surface area contributed by atoms with Gasteiger partial charge in [-0.15, -0.1) is 0 Å². The largest absolute Gasteiger partial charge is 0.494 e. The molecule has 1 amide bonds. The standard InChI is InChI=1S/C29H27FN4O3/c1-4-8-25(35)33-17-6-5-9-22(33)29-32-27(28-19(2)31-16-18-34(28)29)20-12-14-21(15-13-20)37-24-11-7-10-23(36-3)26(24)30/h7,10-16,18,22H,5-6,9,17H2,1-3H3/t22-/m0/s1. The van der Waals surface area contributed by atoms with Crippen LogP contribution in [0.3, 0.4) is 0 Å². The number of carbonyl (C=O) groups excluding carboxylic acids is 1. The van der Waals surface area contributed by atoms with Gasteiger partial charge in [-0.25, -0.2) is 4.98 Å². The molecule has 0 aliphatic carbocycles. The summed E-state index contributed by atoms with van der Waals surface area (Å²) in [5.74, 6) is 6.16. The van der Waals surface area contributed by atoms with Gasteiger partial charge in [-0.1, -0.05) is 12.0 Å². The SMILES string of the molecule is CC#CC(=O)N1CCCC[C@H]1c1nc(-c2ccc(Oc3cccc(OC)c3F)cc2)c2c(C)nccn12. The second kappa shape index (κ2) is 10.3. The molecule has 1 aliphatic rings. The fourth-order valence-electron chi connectivity index (χ4n) is 4.81. The topological polar surface area (TPSA) is 69.0 Å². The molecule has 2 aromatic carbocycles. The second-order valence-corrected chi connectivity index (χ2v) is 8.83. The molecule has 0 unspecified atom stereocenters. The molecule has 8 heteroatoms. The first-order valence-electron chi connectivity index (χ1n) is 12.2. The van der Waals surface area contributed by atoms with Crippen LogP contribution in [0.15, 0.2) is 54.9 Å². The number of amides is 1. The van der Waals surface area contributed by atoms with Gasteiger partial charge in [-0.2, -0.15) is 4.39 Å². The molecule has 1 saturated heterocycles. The number of halogens is 1. The fourth-order valence-corrected chi connectivity index (χ4v) is 4.81. The fraction of sp³-hybridized carbons (Fsp3) is 0.276. The Labute approximate surface area is 214 Å². The van der Waals surface area contributed by atoms with E-state index < -0.39 is 5.82 Å². The first-order valence-corrected chi connectivity index (χ1v) is 12.2. The van der Waals surface area contributed by atoms with E-state index in [4.69, 9.17) is 14.5 Å². The van der Waals surface area contributed by atoms with Crippen LogP contribution in [-0.4, -0.2) is 38.8 Å². The van der Waals surface area contributed by atoms with Gasteiger partial charge in [-0.3, -0.25) is 14.2 Å². The zero-order valence-electron chi connectivity index (χ0n) is 21.0. The number of benzene rings is 2. The van der Waals surface area contributed by atoms with E-state index in [1.54, 1.807) is 43.5 Å². The quantitative estimate of drug-likeness (QED) is 0.329. The van der Waals surface area contributed by atoms with Crippen LogP contribution < -0.4 is 9.47 Å². The summed E-state index contributed by atoms with van der Waals surface area (Å²) in [7, 11) is 1.41. The highest BCUT2D eigenvalue weighted by Crippen LogP contribution is 2.36. The van der Waals surface area contributed by atoms with Crippen molar-refractivity contribution in [2.24, 2.45) is 0 Å². The number of aromatic nitrogens is 3. The summed E-state index contributed by atoms with van der Waals surface area (Å²) < 4.78 is 27.4. The number of rotatable bonds is 5. The average Bonchev–Trinajstić information content (AvgIpc) is 3.31. The third-order valence-corrected chi connectivity index (χ3v) is 6.56. The van der Waals surface area contributed by atoms with Gasteiger partial charge in [0.25, 0.3) is 5.91 Å². The second-order valence-electron chi connectivity index (χ2n) is 8.83. The van der Waals surface area contributed by atoms with Crippen molar-refractivity contribution in [1.29, 1.82) is 0 Å². The molecule has 4 aromatic rings. The molecular formula is C29H27FN4O3. The van der Waals surface area contributed by atoms with Crippen LogP contribution in [0.4, 0.5) is 4.39 Å². The molecule has 1 aliphatic heterocycles. The van der Waals surface area contributed by atoms with E-state index in [9.17, 15) is 9.18 Å². The lowest BCUT2D eigenvalue weighted by molar-refractivity contribution is -0.129. The molecule has 0 radical (unpaired) electrons. The number of hydrogen-bond donors (Lipinski definition) is 0. The molecule has 1 fully saturated rings. The van der Waals surface area contributed by atoms with Gasteiger partial charge in [-0.05, 0) is 75.4 Å². The van der Waals surface area contributed by atoms with E-state index in [1.165, 1.54) is 7.11 Å². The number of piperidine rings is 1. The lowest BCUT2D eigenvalue weighted by atomic mass is 10.0. The molecule has 0 saturated carbocycles. The monoisotopic (exact) mass is 498 g/mol. The highest BCUT2D eigenvalue weighted by atomic mass is 19.1. The minimum absolute atomic E-state index is 0.0825. The number of aryl methyl sites for hydroxylation is 1. The van der Waals surface area contributed by atoms with Gasteiger partial charge in [0.1, 0.15) is 11.6 Å². The van der Waals surface area contributed by atoms with Gasteiger partial charge in [0.05, 0.1) is 30.1 Å². The van der Waals surface area contributed by atoms with Crippen molar-refractivity contribution in [3.05, 3.63) is 72.2 Å². The molecule has 1 atom stereocenters. The van der Waals surface area contributed by atoms with Crippen LogP contribution in [-0.2, 0) is 4.79 Å². The third-order valence-electron chi connectivity index (χ3n) is 6.56. The molecule has 37 heavy (non-hydrogen) atoms. The number of ether oxygens (including phenoxy) is 2. The van der Waals surface area contributed by atoms with Crippen molar-refractivity contribution in [3.8, 4) is 40.3 Å². The Morgan fingerprint density at radius 2 is 1.92 bits per heavy atom. The Morgan fingerprint density at radius 3 is 2.68 bits per heavy atom. The minimum Gasteiger partial charge on any atom is -0.494 e. The summed E-state index contributed by atoms with van der Waals surface area (Å²) in [6, 6.07) is 11.9. The smallest absolute Gasteiger partial charge is 0.299 e. The van der Waals surface area contributed by atoms with E-state index >= 15 is 0 Å². The minimum atomic E-state index is -0.556. The number of imidazole rings is 1. The van der Waals surface area contributed by atoms with E-state index in [2.05, 4.69) is 16.8 Å². The first kappa shape index (κ1) is 24.3. The van der Waals surface area contributed by atoms with Crippen LogP contribution in [0.2, 0.25) is 0 Å². The molecule has 188 valence electrons.